The van der Waals surface area contributed by atoms with Crippen molar-refractivity contribution in [1.29, 1.82) is 5.26 Å². The molecule has 126 valence electrons. The lowest BCUT2D eigenvalue weighted by atomic mass is 9.77. The number of nitrogens with zero attached hydrogens (tertiary/aromatic N) is 2. The van der Waals surface area contributed by atoms with Crippen LogP contribution in [-0.4, -0.2) is 16.6 Å². The molecule has 0 aliphatic carbocycles. The van der Waals surface area contributed by atoms with Gasteiger partial charge < -0.3 is 0 Å². The number of allylic oxidation sites excluding steroid dienone is 2. The van der Waals surface area contributed by atoms with Crippen molar-refractivity contribution >= 4 is 34.2 Å². The highest BCUT2D eigenvalue weighted by Crippen LogP contribution is 2.43. The molecule has 2 atom stereocenters. The minimum absolute atomic E-state index is 0.0565. The zero-order valence-corrected chi connectivity index (χ0v) is 15.7. The normalized spacial score (nSPS) is 20.5. The van der Waals surface area contributed by atoms with E-state index in [0.29, 0.717) is 16.3 Å². The number of hydrogen-bond acceptors (Lipinski definition) is 4. The third kappa shape index (κ3) is 3.91. The Morgan fingerprint density at radius 3 is 2.71 bits per heavy atom. The third-order valence-electron chi connectivity index (χ3n) is 4.08. The molecule has 3 nitrogen and oxygen atoms in total. The Bertz CT molecular complexity index is 733. The number of hydrogen-bond donors (Lipinski definition) is 0. The van der Waals surface area contributed by atoms with Crippen LogP contribution >= 0.6 is 23.4 Å². The lowest BCUT2D eigenvalue weighted by molar-refractivity contribution is -0.114. The third-order valence-corrected chi connectivity index (χ3v) is 5.56. The van der Waals surface area contributed by atoms with Crippen molar-refractivity contribution < 1.29 is 4.79 Å². The summed E-state index contributed by atoms with van der Waals surface area (Å²) in [5, 5.41) is 11.2. The number of unbranched alkanes of at least 4 members (excludes halogenated alkanes) is 1. The standard InChI is InChI=1S/C19H21ClN2OS/c1-4-5-10-24-19-15(11-21)18(14-8-6-7-9-16(14)20)17(13(3)23)12(2)22-19/h6-9,15,18H,4-5,10H2,1-3H3/t15?,18-/m1/s1. The largest absolute Gasteiger partial charge is 0.295 e. The Labute approximate surface area is 152 Å². The first-order valence-electron chi connectivity index (χ1n) is 8.08. The quantitative estimate of drug-likeness (QED) is 0.663. The molecule has 24 heavy (non-hydrogen) atoms. The Kier molecular flexibility index (Phi) is 6.65. The van der Waals surface area contributed by atoms with Crippen molar-refractivity contribution in [2.24, 2.45) is 10.9 Å². The fraction of sp³-hybridized carbons (Fsp3) is 0.421. The van der Waals surface area contributed by atoms with Gasteiger partial charge in [0.1, 0.15) is 5.92 Å². The topological polar surface area (TPSA) is 53.2 Å². The molecule has 1 unspecified atom stereocenters. The number of Topliss-reactive ketones (excluding diaryl/α,β-unsaturated/α-hetero) is 1. The summed E-state index contributed by atoms with van der Waals surface area (Å²) in [6, 6.07) is 9.80. The van der Waals surface area contributed by atoms with Crippen LogP contribution in [0.2, 0.25) is 5.02 Å². The first kappa shape index (κ1) is 18.8. The predicted molar refractivity (Wildman–Crippen MR) is 101 cm³/mol. The molecule has 0 aromatic heterocycles. The van der Waals surface area contributed by atoms with Crippen LogP contribution in [0.4, 0.5) is 0 Å². The molecule has 1 aliphatic rings. The van der Waals surface area contributed by atoms with Crippen molar-refractivity contribution in [2.75, 3.05) is 5.75 Å². The van der Waals surface area contributed by atoms with E-state index in [0.717, 1.165) is 29.2 Å². The van der Waals surface area contributed by atoms with E-state index < -0.39 is 5.92 Å². The summed E-state index contributed by atoms with van der Waals surface area (Å²) in [7, 11) is 0. The number of rotatable bonds is 5. The maximum Gasteiger partial charge on any atom is 0.158 e. The molecule has 0 saturated carbocycles. The van der Waals surface area contributed by atoms with Crippen molar-refractivity contribution in [3.8, 4) is 6.07 Å². The van der Waals surface area contributed by atoms with Crippen LogP contribution in [0.5, 0.6) is 0 Å². The summed E-state index contributed by atoms with van der Waals surface area (Å²) in [6.45, 7) is 5.51. The summed E-state index contributed by atoms with van der Waals surface area (Å²) < 4.78 is 0. The molecule has 0 spiro atoms. The zero-order valence-electron chi connectivity index (χ0n) is 14.2. The summed E-state index contributed by atoms with van der Waals surface area (Å²) in [4.78, 5) is 16.8. The molecule has 1 aromatic rings. The van der Waals surface area contributed by atoms with Crippen LogP contribution in [0.15, 0.2) is 40.5 Å². The minimum Gasteiger partial charge on any atom is -0.295 e. The Balaban J connectivity index is 2.53. The van der Waals surface area contributed by atoms with Gasteiger partial charge in [-0.15, -0.1) is 11.8 Å². The fourth-order valence-corrected chi connectivity index (χ4v) is 4.40. The van der Waals surface area contributed by atoms with Crippen LogP contribution < -0.4 is 0 Å². The van der Waals surface area contributed by atoms with Crippen LogP contribution in [0.1, 0.15) is 45.1 Å². The molecule has 0 saturated heterocycles. The van der Waals surface area contributed by atoms with E-state index in [2.05, 4.69) is 18.0 Å². The summed E-state index contributed by atoms with van der Waals surface area (Å²) in [5.74, 6) is 0.0297. The summed E-state index contributed by atoms with van der Waals surface area (Å²) in [6.07, 6.45) is 2.17. The van der Waals surface area contributed by atoms with Gasteiger partial charge in [0, 0.05) is 22.2 Å². The molecule has 0 amide bonds. The van der Waals surface area contributed by atoms with E-state index in [1.807, 2.05) is 25.1 Å². The molecular formula is C19H21ClN2OS. The van der Waals surface area contributed by atoms with Gasteiger partial charge in [0.2, 0.25) is 0 Å². The van der Waals surface area contributed by atoms with E-state index in [1.165, 1.54) is 6.92 Å². The van der Waals surface area contributed by atoms with Crippen LogP contribution in [0.3, 0.4) is 0 Å². The van der Waals surface area contributed by atoms with Gasteiger partial charge in [-0.25, -0.2) is 4.99 Å². The second kappa shape index (κ2) is 8.50. The molecular weight excluding hydrogens is 340 g/mol. The number of carbonyl (C=O) groups excluding carboxylic acids is 1. The van der Waals surface area contributed by atoms with Crippen molar-refractivity contribution in [3.63, 3.8) is 0 Å². The summed E-state index contributed by atoms with van der Waals surface area (Å²) in [5.41, 5.74) is 2.10. The fourth-order valence-electron chi connectivity index (χ4n) is 2.94. The van der Waals surface area contributed by atoms with E-state index >= 15 is 0 Å². The summed E-state index contributed by atoms with van der Waals surface area (Å²) >= 11 is 8.00. The number of nitriles is 1. The van der Waals surface area contributed by atoms with Gasteiger partial charge in [-0.2, -0.15) is 5.26 Å². The number of carbonyl (C=O) groups is 1. The van der Waals surface area contributed by atoms with E-state index in [4.69, 9.17) is 11.6 Å². The Morgan fingerprint density at radius 1 is 1.42 bits per heavy atom. The molecule has 1 heterocycles. The molecule has 1 aliphatic heterocycles. The molecule has 0 radical (unpaired) electrons. The predicted octanol–water partition coefficient (Wildman–Crippen LogP) is 5.37. The highest BCUT2D eigenvalue weighted by atomic mass is 35.5. The average Bonchev–Trinajstić information content (AvgIpc) is 2.54. The monoisotopic (exact) mass is 360 g/mol. The number of thioether (sulfide) groups is 1. The smallest absolute Gasteiger partial charge is 0.158 e. The van der Waals surface area contributed by atoms with Crippen LogP contribution in [0.25, 0.3) is 0 Å². The number of benzene rings is 1. The maximum atomic E-state index is 12.2. The SMILES string of the molecule is CCCCSC1=NC(C)=C(C(C)=O)[C@H](c2ccccc2Cl)C1C#N. The van der Waals surface area contributed by atoms with Gasteiger partial charge in [-0.05, 0) is 37.7 Å². The van der Waals surface area contributed by atoms with E-state index in [1.54, 1.807) is 17.8 Å². The lowest BCUT2D eigenvalue weighted by Crippen LogP contribution is -2.28. The second-order valence-electron chi connectivity index (χ2n) is 5.81. The van der Waals surface area contributed by atoms with Crippen molar-refractivity contribution in [2.45, 2.75) is 39.5 Å². The number of aliphatic imine (C=N–C) groups is 1. The molecule has 0 N–H and O–H groups in total. The van der Waals surface area contributed by atoms with Gasteiger partial charge in [0.05, 0.1) is 11.1 Å². The maximum absolute atomic E-state index is 12.2. The molecule has 0 bridgehead atoms. The van der Waals surface area contributed by atoms with Gasteiger partial charge >= 0.3 is 0 Å². The number of ketones is 1. The van der Waals surface area contributed by atoms with Crippen LogP contribution in [-0.2, 0) is 4.79 Å². The highest BCUT2D eigenvalue weighted by Gasteiger charge is 2.38. The molecule has 0 fully saturated rings. The highest BCUT2D eigenvalue weighted by molar-refractivity contribution is 8.14. The van der Waals surface area contributed by atoms with Crippen molar-refractivity contribution in [3.05, 3.63) is 46.1 Å². The second-order valence-corrected chi connectivity index (χ2v) is 7.34. The van der Waals surface area contributed by atoms with Crippen LogP contribution in [0, 0.1) is 17.2 Å². The lowest BCUT2D eigenvalue weighted by Gasteiger charge is -2.30. The Morgan fingerprint density at radius 2 is 2.12 bits per heavy atom. The average molecular weight is 361 g/mol. The van der Waals surface area contributed by atoms with Gasteiger partial charge in [-0.1, -0.05) is 43.1 Å². The van der Waals surface area contributed by atoms with E-state index in [-0.39, 0.29) is 11.7 Å². The Hall–Kier alpha value is -1.57. The molecule has 5 heteroatoms. The van der Waals surface area contributed by atoms with Crippen molar-refractivity contribution in [1.82, 2.24) is 0 Å². The van der Waals surface area contributed by atoms with Gasteiger partial charge in [-0.3, -0.25) is 4.79 Å². The first-order valence-corrected chi connectivity index (χ1v) is 9.44. The number of halogens is 1. The first-order chi connectivity index (χ1) is 11.5. The zero-order chi connectivity index (χ0) is 17.7. The van der Waals surface area contributed by atoms with E-state index in [9.17, 15) is 10.1 Å². The molecule has 2 rings (SSSR count). The minimum atomic E-state index is -0.477. The van der Waals surface area contributed by atoms with Gasteiger partial charge in [0.25, 0.3) is 0 Å². The molecule has 1 aromatic carbocycles. The van der Waals surface area contributed by atoms with Gasteiger partial charge in [0.15, 0.2) is 5.78 Å².